The van der Waals surface area contributed by atoms with Crippen molar-refractivity contribution in [2.45, 2.75) is 0 Å². The van der Waals surface area contributed by atoms with Crippen LogP contribution in [-0.2, 0) is 4.79 Å². The number of halogens is 1. The quantitative estimate of drug-likeness (QED) is 0.529. The van der Waals surface area contributed by atoms with Gasteiger partial charge in [-0.3, -0.25) is 4.79 Å². The van der Waals surface area contributed by atoms with Crippen LogP contribution in [0.4, 0.5) is 5.69 Å². The van der Waals surface area contributed by atoms with Crippen LogP contribution >= 0.6 is 11.6 Å². The maximum absolute atomic E-state index is 10.7. The van der Waals surface area contributed by atoms with Crippen LogP contribution in [0, 0.1) is 12.3 Å². The van der Waals surface area contributed by atoms with Gasteiger partial charge in [0.15, 0.2) is 0 Å². The molecular weight excluding hydrogens is 190 g/mol. The summed E-state index contributed by atoms with van der Waals surface area (Å²) < 4.78 is 0. The molecule has 13 heavy (non-hydrogen) atoms. The molecule has 0 bridgehead atoms. The number of aromatic hydroxyl groups is 1. The van der Waals surface area contributed by atoms with Crippen LogP contribution in [0.2, 0.25) is 5.02 Å². The van der Waals surface area contributed by atoms with Gasteiger partial charge in [0.1, 0.15) is 5.75 Å². The van der Waals surface area contributed by atoms with Gasteiger partial charge in [-0.15, -0.1) is 6.42 Å². The van der Waals surface area contributed by atoms with Gasteiger partial charge in [0.25, 0.3) is 5.91 Å². The average molecular weight is 196 g/mol. The van der Waals surface area contributed by atoms with Crippen molar-refractivity contribution in [2.75, 3.05) is 5.32 Å². The number of rotatable bonds is 1. The first-order valence-electron chi connectivity index (χ1n) is 3.39. The third-order valence-corrected chi connectivity index (χ3v) is 1.64. The lowest BCUT2D eigenvalue weighted by molar-refractivity contribution is -0.111. The second-order valence-corrected chi connectivity index (χ2v) is 2.67. The molecule has 1 aromatic rings. The fourth-order valence-corrected chi connectivity index (χ4v) is 0.986. The van der Waals surface area contributed by atoms with Gasteiger partial charge in [0.2, 0.25) is 0 Å². The molecule has 4 heteroatoms. The lowest BCUT2D eigenvalue weighted by Crippen LogP contribution is -2.08. The summed E-state index contributed by atoms with van der Waals surface area (Å²) in [6, 6.07) is 4.18. The molecule has 0 unspecified atom stereocenters. The van der Waals surface area contributed by atoms with E-state index in [0.29, 0.717) is 5.69 Å². The number of amides is 1. The van der Waals surface area contributed by atoms with E-state index in [9.17, 15) is 4.79 Å². The second kappa shape index (κ2) is 3.83. The predicted octanol–water partition coefficient (Wildman–Crippen LogP) is 1.62. The number of benzene rings is 1. The number of hydrogen-bond donors (Lipinski definition) is 2. The van der Waals surface area contributed by atoms with Crippen LogP contribution < -0.4 is 5.32 Å². The fraction of sp³-hybridized carbons (Fsp3) is 0. The molecule has 0 saturated carbocycles. The predicted molar refractivity (Wildman–Crippen MR) is 50.6 cm³/mol. The Morgan fingerprint density at radius 2 is 2.31 bits per heavy atom. The van der Waals surface area contributed by atoms with E-state index in [1.54, 1.807) is 0 Å². The zero-order chi connectivity index (χ0) is 9.84. The second-order valence-electron chi connectivity index (χ2n) is 2.26. The number of nitrogens with one attached hydrogen (secondary N) is 1. The molecule has 1 rings (SSSR count). The Morgan fingerprint density at radius 3 is 2.85 bits per heavy atom. The number of phenols is 1. The summed E-state index contributed by atoms with van der Waals surface area (Å²) in [4.78, 5) is 10.7. The molecular formula is C9H6ClNO2. The molecule has 0 fully saturated rings. The third-order valence-electron chi connectivity index (χ3n) is 1.33. The number of carbonyl (C=O) groups excluding carboxylic acids is 1. The van der Waals surface area contributed by atoms with Gasteiger partial charge in [-0.1, -0.05) is 11.6 Å². The Kier molecular flexibility index (Phi) is 2.78. The highest BCUT2D eigenvalue weighted by atomic mass is 35.5. The summed E-state index contributed by atoms with van der Waals surface area (Å²) in [5.41, 5.74) is 0.377. The highest BCUT2D eigenvalue weighted by Crippen LogP contribution is 2.25. The summed E-state index contributed by atoms with van der Waals surface area (Å²) in [5, 5.41) is 11.6. The number of phenolic OH excluding ortho intramolecular Hbond substituents is 1. The average Bonchev–Trinajstić information content (AvgIpc) is 2.09. The van der Waals surface area contributed by atoms with E-state index in [2.05, 4.69) is 5.32 Å². The maximum atomic E-state index is 10.7. The van der Waals surface area contributed by atoms with E-state index in [4.69, 9.17) is 23.1 Å². The van der Waals surface area contributed by atoms with Crippen LogP contribution in [0.1, 0.15) is 0 Å². The van der Waals surface area contributed by atoms with E-state index in [1.165, 1.54) is 18.2 Å². The van der Waals surface area contributed by atoms with Gasteiger partial charge in [-0.2, -0.15) is 0 Å². The molecule has 1 amide bonds. The van der Waals surface area contributed by atoms with Crippen LogP contribution in [0.3, 0.4) is 0 Å². The van der Waals surface area contributed by atoms with Gasteiger partial charge in [-0.05, 0) is 18.1 Å². The summed E-state index contributed by atoms with van der Waals surface area (Å²) in [5.74, 6) is 1.34. The SMILES string of the molecule is C#CC(=O)Nc1ccc(O)cc1Cl. The molecule has 1 aromatic carbocycles. The number of terminal acetylenes is 1. The minimum Gasteiger partial charge on any atom is -0.508 e. The van der Waals surface area contributed by atoms with Crippen molar-refractivity contribution in [2.24, 2.45) is 0 Å². The Hall–Kier alpha value is -1.66. The van der Waals surface area contributed by atoms with Crippen LogP contribution in [-0.4, -0.2) is 11.0 Å². The Balaban J connectivity index is 2.91. The van der Waals surface area contributed by atoms with Crippen LogP contribution in [0.15, 0.2) is 18.2 Å². The monoisotopic (exact) mass is 195 g/mol. The third kappa shape index (κ3) is 2.39. The first-order chi connectivity index (χ1) is 6.13. The summed E-state index contributed by atoms with van der Waals surface area (Å²) in [7, 11) is 0. The highest BCUT2D eigenvalue weighted by Gasteiger charge is 2.03. The van der Waals surface area contributed by atoms with Gasteiger partial charge in [-0.25, -0.2) is 0 Å². The van der Waals surface area contributed by atoms with Crippen molar-refractivity contribution in [1.29, 1.82) is 0 Å². The van der Waals surface area contributed by atoms with Gasteiger partial charge >= 0.3 is 0 Å². The summed E-state index contributed by atoms with van der Waals surface area (Å²) >= 11 is 5.69. The topological polar surface area (TPSA) is 49.3 Å². The first-order valence-corrected chi connectivity index (χ1v) is 3.77. The molecule has 0 radical (unpaired) electrons. The molecule has 0 aliphatic carbocycles. The number of hydrogen-bond acceptors (Lipinski definition) is 2. The molecule has 0 aliphatic rings. The van der Waals surface area contributed by atoms with Gasteiger partial charge in [0.05, 0.1) is 10.7 Å². The maximum Gasteiger partial charge on any atom is 0.300 e. The molecule has 0 aliphatic heterocycles. The van der Waals surface area contributed by atoms with Crippen molar-refractivity contribution < 1.29 is 9.90 Å². The molecule has 0 aromatic heterocycles. The zero-order valence-electron chi connectivity index (χ0n) is 6.54. The standard InChI is InChI=1S/C9H6ClNO2/c1-2-9(13)11-8-4-3-6(12)5-7(8)10/h1,3-5,12H,(H,11,13). The highest BCUT2D eigenvalue weighted by molar-refractivity contribution is 6.34. The van der Waals surface area contributed by atoms with Crippen LogP contribution in [0.5, 0.6) is 5.75 Å². The molecule has 0 spiro atoms. The van der Waals surface area contributed by atoms with Crippen molar-refractivity contribution in [3.8, 4) is 18.1 Å². The first kappa shape index (κ1) is 9.43. The largest absolute Gasteiger partial charge is 0.508 e. The molecule has 66 valence electrons. The van der Waals surface area contributed by atoms with Crippen molar-refractivity contribution in [3.63, 3.8) is 0 Å². The normalized spacial score (nSPS) is 8.92. The Labute approximate surface area is 80.3 Å². The van der Waals surface area contributed by atoms with Crippen molar-refractivity contribution in [3.05, 3.63) is 23.2 Å². The molecule has 2 N–H and O–H groups in total. The number of carbonyl (C=O) groups is 1. The lowest BCUT2D eigenvalue weighted by atomic mass is 10.3. The van der Waals surface area contributed by atoms with E-state index < -0.39 is 5.91 Å². The molecule has 0 heterocycles. The Bertz CT molecular complexity index is 382. The van der Waals surface area contributed by atoms with E-state index >= 15 is 0 Å². The van der Waals surface area contributed by atoms with E-state index in [0.717, 1.165) is 0 Å². The van der Waals surface area contributed by atoms with Crippen molar-refractivity contribution in [1.82, 2.24) is 0 Å². The van der Waals surface area contributed by atoms with E-state index in [-0.39, 0.29) is 10.8 Å². The molecule has 3 nitrogen and oxygen atoms in total. The van der Waals surface area contributed by atoms with E-state index in [1.807, 2.05) is 5.92 Å². The van der Waals surface area contributed by atoms with Crippen molar-refractivity contribution >= 4 is 23.2 Å². The van der Waals surface area contributed by atoms with Gasteiger partial charge < -0.3 is 10.4 Å². The number of anilines is 1. The minimum atomic E-state index is -0.576. The molecule has 0 atom stereocenters. The zero-order valence-corrected chi connectivity index (χ0v) is 7.30. The summed E-state index contributed by atoms with van der Waals surface area (Å²) in [6.45, 7) is 0. The lowest BCUT2D eigenvalue weighted by Gasteiger charge is -2.03. The fourth-order valence-electron chi connectivity index (χ4n) is 0.764. The smallest absolute Gasteiger partial charge is 0.300 e. The molecule has 0 saturated heterocycles. The minimum absolute atomic E-state index is 0.0312. The van der Waals surface area contributed by atoms with Crippen LogP contribution in [0.25, 0.3) is 0 Å². The Morgan fingerprint density at radius 1 is 1.62 bits per heavy atom. The van der Waals surface area contributed by atoms with Gasteiger partial charge in [0, 0.05) is 6.07 Å². The summed E-state index contributed by atoms with van der Waals surface area (Å²) in [6.07, 6.45) is 4.85.